The number of thiophene rings is 2. The first-order chi connectivity index (χ1) is 11.7. The maximum absolute atomic E-state index is 12.7. The van der Waals surface area contributed by atoms with Crippen LogP contribution < -0.4 is 5.32 Å². The summed E-state index contributed by atoms with van der Waals surface area (Å²) in [4.78, 5) is 28.3. The summed E-state index contributed by atoms with van der Waals surface area (Å²) in [7, 11) is 0. The maximum Gasteiger partial charge on any atom is 0.255 e. The molecule has 0 radical (unpaired) electrons. The Hall–Kier alpha value is -1.70. The van der Waals surface area contributed by atoms with Crippen LogP contribution in [0.2, 0.25) is 0 Å². The van der Waals surface area contributed by atoms with Crippen LogP contribution in [0.3, 0.4) is 0 Å². The zero-order chi connectivity index (χ0) is 16.5. The van der Waals surface area contributed by atoms with Crippen molar-refractivity contribution in [2.45, 2.75) is 25.1 Å². The highest BCUT2D eigenvalue weighted by Crippen LogP contribution is 2.34. The molecule has 1 N–H and O–H groups in total. The number of amides is 2. The molecule has 4 rings (SSSR count). The largest absolute Gasteiger partial charge is 0.375 e. The molecule has 2 aliphatic heterocycles. The molecule has 0 aromatic carbocycles. The van der Waals surface area contributed by atoms with E-state index < -0.39 is 0 Å². The summed E-state index contributed by atoms with van der Waals surface area (Å²) in [5, 5.41) is 8.74. The van der Waals surface area contributed by atoms with E-state index in [2.05, 4.69) is 5.32 Å². The van der Waals surface area contributed by atoms with E-state index in [4.69, 9.17) is 4.74 Å². The van der Waals surface area contributed by atoms with Gasteiger partial charge in [-0.3, -0.25) is 9.59 Å². The number of nitrogens with one attached hydrogen (secondary N) is 1. The van der Waals surface area contributed by atoms with Gasteiger partial charge in [-0.05, 0) is 29.3 Å². The van der Waals surface area contributed by atoms with Gasteiger partial charge in [0.05, 0.1) is 30.2 Å². The highest BCUT2D eigenvalue weighted by Gasteiger charge is 2.50. The minimum atomic E-state index is -0.292. The van der Waals surface area contributed by atoms with Gasteiger partial charge in [0.15, 0.2) is 0 Å². The van der Waals surface area contributed by atoms with Crippen LogP contribution in [-0.4, -0.2) is 42.0 Å². The van der Waals surface area contributed by atoms with Crippen molar-refractivity contribution in [1.29, 1.82) is 0 Å². The van der Waals surface area contributed by atoms with Gasteiger partial charge in [0.1, 0.15) is 0 Å². The van der Waals surface area contributed by atoms with Crippen LogP contribution >= 0.6 is 22.7 Å². The minimum Gasteiger partial charge on any atom is -0.375 e. The average Bonchev–Trinajstić information content (AvgIpc) is 3.37. The number of hydrogen-bond acceptors (Lipinski definition) is 5. The van der Waals surface area contributed by atoms with Crippen LogP contribution in [0.4, 0.5) is 0 Å². The van der Waals surface area contributed by atoms with E-state index in [1.807, 2.05) is 39.2 Å². The highest BCUT2D eigenvalue weighted by molar-refractivity contribution is 7.09. The van der Waals surface area contributed by atoms with Crippen molar-refractivity contribution >= 4 is 34.5 Å². The van der Waals surface area contributed by atoms with Gasteiger partial charge in [-0.1, -0.05) is 6.07 Å². The first-order valence-corrected chi connectivity index (χ1v) is 9.81. The average molecular weight is 362 g/mol. The van der Waals surface area contributed by atoms with Gasteiger partial charge in [-0.15, -0.1) is 11.3 Å². The number of carbonyl (C=O) groups is 2. The van der Waals surface area contributed by atoms with Crippen LogP contribution in [0.5, 0.6) is 0 Å². The number of hydrogen-bond donors (Lipinski definition) is 1. The molecule has 3 atom stereocenters. The molecule has 7 heteroatoms. The normalized spacial score (nSPS) is 25.7. The molecule has 0 aliphatic carbocycles. The molecule has 5 nitrogen and oxygen atoms in total. The Morgan fingerprint density at radius 2 is 2.25 bits per heavy atom. The molecule has 2 saturated heterocycles. The SMILES string of the molecule is O=C(NCc1cccs1)[C@@H]1CN(C(=O)c2ccsc2)[C@H]2CCO[C@H]12. The van der Waals surface area contributed by atoms with E-state index in [-0.39, 0.29) is 29.9 Å². The molecule has 2 aliphatic rings. The maximum atomic E-state index is 12.7. The van der Waals surface area contributed by atoms with E-state index in [0.29, 0.717) is 25.3 Å². The fourth-order valence-electron chi connectivity index (χ4n) is 3.51. The second-order valence-electron chi connectivity index (χ2n) is 6.06. The molecule has 2 fully saturated rings. The number of ether oxygens (including phenoxy) is 1. The highest BCUT2D eigenvalue weighted by atomic mass is 32.1. The molecular formula is C17H18N2O3S2. The lowest BCUT2D eigenvalue weighted by Gasteiger charge is -2.21. The fourth-order valence-corrected chi connectivity index (χ4v) is 4.78. The zero-order valence-electron chi connectivity index (χ0n) is 13.0. The van der Waals surface area contributed by atoms with Crippen molar-refractivity contribution < 1.29 is 14.3 Å². The lowest BCUT2D eigenvalue weighted by atomic mass is 10.0. The van der Waals surface area contributed by atoms with Crippen LogP contribution in [0.25, 0.3) is 0 Å². The molecule has 0 spiro atoms. The summed E-state index contributed by atoms with van der Waals surface area (Å²) in [6.07, 6.45) is 0.617. The number of rotatable bonds is 4. The Morgan fingerprint density at radius 3 is 3.00 bits per heavy atom. The molecule has 0 saturated carbocycles. The molecule has 2 aromatic heterocycles. The van der Waals surface area contributed by atoms with Crippen LogP contribution in [-0.2, 0) is 16.1 Å². The Labute approximate surface area is 148 Å². The van der Waals surface area contributed by atoms with Crippen molar-refractivity contribution in [3.63, 3.8) is 0 Å². The van der Waals surface area contributed by atoms with E-state index >= 15 is 0 Å². The van der Waals surface area contributed by atoms with Crippen molar-refractivity contribution in [2.75, 3.05) is 13.2 Å². The molecule has 4 heterocycles. The monoisotopic (exact) mass is 362 g/mol. The van der Waals surface area contributed by atoms with Crippen LogP contribution in [0, 0.1) is 5.92 Å². The quantitative estimate of drug-likeness (QED) is 0.908. The predicted octanol–water partition coefficient (Wildman–Crippen LogP) is 2.36. The van der Waals surface area contributed by atoms with Gasteiger partial charge in [0.25, 0.3) is 5.91 Å². The molecule has 126 valence electrons. The predicted molar refractivity (Wildman–Crippen MR) is 93.2 cm³/mol. The Balaban J connectivity index is 1.46. The number of carbonyl (C=O) groups excluding carboxylic acids is 2. The number of likely N-dealkylation sites (tertiary alicyclic amines) is 1. The van der Waals surface area contributed by atoms with Crippen molar-refractivity contribution in [1.82, 2.24) is 10.2 Å². The van der Waals surface area contributed by atoms with Gasteiger partial charge < -0.3 is 15.0 Å². The Bertz CT molecular complexity index is 714. The molecular weight excluding hydrogens is 344 g/mol. The van der Waals surface area contributed by atoms with E-state index in [1.54, 1.807) is 11.3 Å². The second kappa shape index (κ2) is 6.66. The summed E-state index contributed by atoms with van der Waals surface area (Å²) in [6, 6.07) is 5.82. The van der Waals surface area contributed by atoms with Gasteiger partial charge in [0.2, 0.25) is 5.91 Å². The van der Waals surface area contributed by atoms with Crippen molar-refractivity contribution in [2.24, 2.45) is 5.92 Å². The summed E-state index contributed by atoms with van der Waals surface area (Å²) in [5.74, 6) is -0.314. The smallest absolute Gasteiger partial charge is 0.255 e. The molecule has 0 bridgehead atoms. The van der Waals surface area contributed by atoms with Crippen molar-refractivity contribution in [3.05, 3.63) is 44.8 Å². The fraction of sp³-hybridized carbons (Fsp3) is 0.412. The van der Waals surface area contributed by atoms with E-state index in [9.17, 15) is 9.59 Å². The number of nitrogens with zero attached hydrogens (tertiary/aromatic N) is 1. The van der Waals surface area contributed by atoms with E-state index in [1.165, 1.54) is 11.3 Å². The summed E-state index contributed by atoms with van der Waals surface area (Å²) < 4.78 is 5.80. The Morgan fingerprint density at radius 1 is 1.33 bits per heavy atom. The zero-order valence-corrected chi connectivity index (χ0v) is 14.6. The summed E-state index contributed by atoms with van der Waals surface area (Å²) in [5.41, 5.74) is 0.699. The summed E-state index contributed by atoms with van der Waals surface area (Å²) in [6.45, 7) is 1.57. The summed E-state index contributed by atoms with van der Waals surface area (Å²) >= 11 is 3.13. The molecule has 0 unspecified atom stereocenters. The number of fused-ring (bicyclic) bond motifs is 1. The lowest BCUT2D eigenvalue weighted by Crippen LogP contribution is -2.37. The Kier molecular flexibility index (Phi) is 4.39. The lowest BCUT2D eigenvalue weighted by molar-refractivity contribution is -0.127. The van der Waals surface area contributed by atoms with Crippen LogP contribution in [0.1, 0.15) is 21.7 Å². The first kappa shape index (κ1) is 15.8. The van der Waals surface area contributed by atoms with Crippen LogP contribution in [0.15, 0.2) is 34.3 Å². The van der Waals surface area contributed by atoms with Gasteiger partial charge in [0, 0.05) is 23.4 Å². The van der Waals surface area contributed by atoms with E-state index in [0.717, 1.165) is 11.3 Å². The first-order valence-electron chi connectivity index (χ1n) is 7.99. The minimum absolute atomic E-state index is 0.00491. The topological polar surface area (TPSA) is 58.6 Å². The standard InChI is InChI=1S/C17H18N2O3S2/c20-16(18-8-12-2-1-6-24-12)13-9-19(14-3-5-22-15(13)14)17(21)11-4-7-23-10-11/h1-2,4,6-7,10,13-15H,3,5,8-9H2,(H,18,20)/t13-,14+,15-/m1/s1. The molecule has 2 amide bonds. The third-order valence-corrected chi connectivity index (χ3v) is 6.24. The van der Waals surface area contributed by atoms with Crippen molar-refractivity contribution in [3.8, 4) is 0 Å². The van der Waals surface area contributed by atoms with Gasteiger partial charge in [-0.2, -0.15) is 11.3 Å². The molecule has 2 aromatic rings. The van der Waals surface area contributed by atoms with Gasteiger partial charge >= 0.3 is 0 Å². The third-order valence-electron chi connectivity index (χ3n) is 4.68. The molecule has 24 heavy (non-hydrogen) atoms. The second-order valence-corrected chi connectivity index (χ2v) is 7.88. The van der Waals surface area contributed by atoms with Gasteiger partial charge in [-0.25, -0.2) is 0 Å². The third kappa shape index (κ3) is 2.87.